The number of rotatable bonds is 9. The van der Waals surface area contributed by atoms with Crippen molar-refractivity contribution < 1.29 is 19.1 Å². The van der Waals surface area contributed by atoms with Crippen LogP contribution in [0.4, 0.5) is 5.69 Å². The molecule has 2 amide bonds. The molecule has 0 saturated carbocycles. The Kier molecular flexibility index (Phi) is 8.70. The molecule has 3 rings (SSSR count). The summed E-state index contributed by atoms with van der Waals surface area (Å²) in [5.74, 6) is 0.129. The van der Waals surface area contributed by atoms with Gasteiger partial charge in [0.1, 0.15) is 5.75 Å². The van der Waals surface area contributed by atoms with E-state index in [4.69, 9.17) is 21.1 Å². The van der Waals surface area contributed by atoms with E-state index in [-0.39, 0.29) is 11.8 Å². The van der Waals surface area contributed by atoms with Crippen LogP contribution in [-0.4, -0.2) is 62.7 Å². The van der Waals surface area contributed by atoms with Crippen LogP contribution in [0.15, 0.2) is 42.5 Å². The molecule has 0 bridgehead atoms. The Hall–Kier alpha value is -2.61. The second-order valence-electron chi connectivity index (χ2n) is 7.17. The van der Waals surface area contributed by atoms with E-state index in [0.29, 0.717) is 40.7 Å². The maximum absolute atomic E-state index is 12.5. The van der Waals surface area contributed by atoms with Gasteiger partial charge < -0.3 is 20.1 Å². The Morgan fingerprint density at radius 1 is 1.06 bits per heavy atom. The summed E-state index contributed by atoms with van der Waals surface area (Å²) < 4.78 is 10.7. The van der Waals surface area contributed by atoms with Crippen molar-refractivity contribution in [3.05, 3.63) is 58.6 Å². The van der Waals surface area contributed by atoms with Crippen LogP contribution < -0.4 is 15.4 Å². The number of anilines is 1. The second kappa shape index (κ2) is 11.7. The van der Waals surface area contributed by atoms with Gasteiger partial charge in [0.25, 0.3) is 11.8 Å². The fourth-order valence-corrected chi connectivity index (χ4v) is 3.49. The SMILES string of the molecule is CCOc1ccc(C(=O)Nc2ccc(C(=O)NCCCN3CCOCC3)cc2)cc1Cl. The van der Waals surface area contributed by atoms with Crippen molar-refractivity contribution in [1.29, 1.82) is 0 Å². The molecule has 0 spiro atoms. The van der Waals surface area contributed by atoms with E-state index in [1.807, 2.05) is 6.92 Å². The fraction of sp³-hybridized carbons (Fsp3) is 0.391. The first-order valence-electron chi connectivity index (χ1n) is 10.5. The number of carbonyl (C=O) groups excluding carboxylic acids is 2. The Labute approximate surface area is 187 Å². The van der Waals surface area contributed by atoms with Crippen LogP contribution in [0.5, 0.6) is 5.75 Å². The summed E-state index contributed by atoms with van der Waals surface area (Å²) in [5, 5.41) is 6.13. The zero-order valence-electron chi connectivity index (χ0n) is 17.7. The molecule has 0 unspecified atom stereocenters. The van der Waals surface area contributed by atoms with Gasteiger partial charge in [-0.1, -0.05) is 11.6 Å². The van der Waals surface area contributed by atoms with Crippen molar-refractivity contribution in [3.8, 4) is 5.75 Å². The lowest BCUT2D eigenvalue weighted by molar-refractivity contribution is 0.0374. The third kappa shape index (κ3) is 6.95. The van der Waals surface area contributed by atoms with Crippen LogP contribution in [0.2, 0.25) is 5.02 Å². The number of carbonyl (C=O) groups is 2. The lowest BCUT2D eigenvalue weighted by atomic mass is 10.1. The first-order chi connectivity index (χ1) is 15.1. The molecule has 31 heavy (non-hydrogen) atoms. The Bertz CT molecular complexity index is 883. The van der Waals surface area contributed by atoms with Crippen LogP contribution in [-0.2, 0) is 4.74 Å². The van der Waals surface area contributed by atoms with E-state index in [2.05, 4.69) is 15.5 Å². The number of benzene rings is 2. The normalized spacial score (nSPS) is 14.1. The molecule has 2 N–H and O–H groups in total. The highest BCUT2D eigenvalue weighted by Crippen LogP contribution is 2.26. The van der Waals surface area contributed by atoms with Crippen LogP contribution in [0.1, 0.15) is 34.1 Å². The van der Waals surface area contributed by atoms with Gasteiger partial charge in [0.15, 0.2) is 0 Å². The lowest BCUT2D eigenvalue weighted by Crippen LogP contribution is -2.38. The lowest BCUT2D eigenvalue weighted by Gasteiger charge is -2.26. The Balaban J connectivity index is 1.46. The van der Waals surface area contributed by atoms with Gasteiger partial charge in [-0.3, -0.25) is 14.5 Å². The number of nitrogens with zero attached hydrogens (tertiary/aromatic N) is 1. The average Bonchev–Trinajstić information content (AvgIpc) is 2.79. The summed E-state index contributed by atoms with van der Waals surface area (Å²) in [7, 11) is 0. The molecular formula is C23H28ClN3O4. The molecule has 0 aliphatic carbocycles. The standard InChI is InChI=1S/C23H28ClN3O4/c1-2-31-21-9-6-18(16-20(21)24)23(29)26-19-7-4-17(5-8-19)22(28)25-10-3-11-27-12-14-30-15-13-27/h4-9,16H,2-3,10-15H2,1H3,(H,25,28)(H,26,29). The minimum atomic E-state index is -0.287. The van der Waals surface area contributed by atoms with Crippen molar-refractivity contribution in [2.75, 3.05) is 51.3 Å². The van der Waals surface area contributed by atoms with Crippen LogP contribution in [0.3, 0.4) is 0 Å². The van der Waals surface area contributed by atoms with E-state index in [9.17, 15) is 9.59 Å². The molecule has 0 atom stereocenters. The monoisotopic (exact) mass is 445 g/mol. The van der Waals surface area contributed by atoms with Gasteiger partial charge in [-0.05, 0) is 62.4 Å². The first kappa shape index (κ1) is 23.1. The van der Waals surface area contributed by atoms with Crippen molar-refractivity contribution in [1.82, 2.24) is 10.2 Å². The largest absolute Gasteiger partial charge is 0.492 e. The zero-order valence-corrected chi connectivity index (χ0v) is 18.4. The van der Waals surface area contributed by atoms with Gasteiger partial charge in [0.2, 0.25) is 0 Å². The van der Waals surface area contributed by atoms with Crippen molar-refractivity contribution in [2.45, 2.75) is 13.3 Å². The molecule has 1 fully saturated rings. The summed E-state index contributed by atoms with van der Waals surface area (Å²) in [6.07, 6.45) is 0.893. The van der Waals surface area contributed by atoms with Gasteiger partial charge in [-0.15, -0.1) is 0 Å². The predicted molar refractivity (Wildman–Crippen MR) is 121 cm³/mol. The third-order valence-corrected chi connectivity index (χ3v) is 5.23. The minimum Gasteiger partial charge on any atom is -0.492 e. The number of morpholine rings is 1. The van der Waals surface area contributed by atoms with Crippen molar-refractivity contribution >= 4 is 29.1 Å². The number of amides is 2. The number of ether oxygens (including phenoxy) is 2. The van der Waals surface area contributed by atoms with Crippen LogP contribution in [0.25, 0.3) is 0 Å². The topological polar surface area (TPSA) is 79.9 Å². The van der Waals surface area contributed by atoms with Crippen LogP contribution >= 0.6 is 11.6 Å². The molecule has 7 nitrogen and oxygen atoms in total. The van der Waals surface area contributed by atoms with Crippen LogP contribution in [0, 0.1) is 0 Å². The number of halogens is 1. The van der Waals surface area contributed by atoms with Gasteiger partial charge in [0, 0.05) is 36.4 Å². The summed E-state index contributed by atoms with van der Waals surface area (Å²) in [6, 6.07) is 11.7. The smallest absolute Gasteiger partial charge is 0.255 e. The second-order valence-corrected chi connectivity index (χ2v) is 7.58. The number of hydrogen-bond acceptors (Lipinski definition) is 5. The molecule has 8 heteroatoms. The maximum atomic E-state index is 12.5. The molecule has 1 saturated heterocycles. The molecule has 0 aromatic heterocycles. The highest BCUT2D eigenvalue weighted by atomic mass is 35.5. The molecule has 2 aromatic carbocycles. The Morgan fingerprint density at radius 2 is 1.77 bits per heavy atom. The van der Waals surface area contributed by atoms with Gasteiger partial charge >= 0.3 is 0 Å². The Morgan fingerprint density at radius 3 is 2.45 bits per heavy atom. The molecule has 2 aromatic rings. The number of hydrogen-bond donors (Lipinski definition) is 2. The molecule has 1 aliphatic rings. The fourth-order valence-electron chi connectivity index (χ4n) is 3.25. The first-order valence-corrected chi connectivity index (χ1v) is 10.9. The highest BCUT2D eigenvalue weighted by molar-refractivity contribution is 6.32. The highest BCUT2D eigenvalue weighted by Gasteiger charge is 2.12. The molecule has 166 valence electrons. The average molecular weight is 446 g/mol. The molecule has 1 aliphatic heterocycles. The number of nitrogens with one attached hydrogen (secondary N) is 2. The third-order valence-electron chi connectivity index (χ3n) is 4.94. The molecular weight excluding hydrogens is 418 g/mol. The summed E-state index contributed by atoms with van der Waals surface area (Å²) in [6.45, 7) is 7.39. The van der Waals surface area contributed by atoms with E-state index in [1.165, 1.54) is 0 Å². The summed E-state index contributed by atoms with van der Waals surface area (Å²) >= 11 is 6.15. The summed E-state index contributed by atoms with van der Waals surface area (Å²) in [5.41, 5.74) is 1.57. The molecule has 0 radical (unpaired) electrons. The van der Waals surface area contributed by atoms with E-state index in [1.54, 1.807) is 42.5 Å². The molecule has 1 heterocycles. The van der Waals surface area contributed by atoms with Crippen molar-refractivity contribution in [3.63, 3.8) is 0 Å². The summed E-state index contributed by atoms with van der Waals surface area (Å²) in [4.78, 5) is 27.1. The van der Waals surface area contributed by atoms with E-state index < -0.39 is 0 Å². The van der Waals surface area contributed by atoms with Gasteiger partial charge in [-0.25, -0.2) is 0 Å². The van der Waals surface area contributed by atoms with Gasteiger partial charge in [0.05, 0.1) is 24.8 Å². The van der Waals surface area contributed by atoms with Gasteiger partial charge in [-0.2, -0.15) is 0 Å². The maximum Gasteiger partial charge on any atom is 0.255 e. The van der Waals surface area contributed by atoms with E-state index >= 15 is 0 Å². The predicted octanol–water partition coefficient (Wildman–Crippen LogP) is 3.44. The van der Waals surface area contributed by atoms with E-state index in [0.717, 1.165) is 39.3 Å². The minimum absolute atomic E-state index is 0.127. The quantitative estimate of drug-likeness (QED) is 0.578. The zero-order chi connectivity index (χ0) is 22.1. The van der Waals surface area contributed by atoms with Crippen molar-refractivity contribution in [2.24, 2.45) is 0 Å².